The smallest absolute Gasteiger partial charge is 0.315 e. The Morgan fingerprint density at radius 1 is 1.17 bits per heavy atom. The van der Waals surface area contributed by atoms with Crippen LogP contribution in [0.1, 0.15) is 57.4 Å². The van der Waals surface area contributed by atoms with Crippen molar-refractivity contribution >= 4 is 27.0 Å². The Morgan fingerprint density at radius 2 is 1.92 bits per heavy atom. The molecule has 2 heterocycles. The van der Waals surface area contributed by atoms with Crippen molar-refractivity contribution in [3.8, 4) is 0 Å². The standard InChI is InChI=1S/C24H38N8O3S/c1-5-32(6-2)12-9-13-36(34,35)31-21(14-18-15-25-20-11-8-7-10-19(18)20)23-28-22(29-30-23)16-26-24(33)27-17(3)4/h7-8,10-11,15,17,21,25,31H,5-6,9,12-14,16H2,1-4H3,(H2,26,27,33)(H,28,29,30)/t21-/m1/s1. The quantitative estimate of drug-likeness (QED) is 0.221. The summed E-state index contributed by atoms with van der Waals surface area (Å²) in [6, 6.07) is 6.89. The zero-order valence-electron chi connectivity index (χ0n) is 21.5. The normalized spacial score (nSPS) is 12.9. The molecule has 0 unspecified atom stereocenters. The number of carbonyl (C=O) groups excluding carboxylic acids is 1. The fourth-order valence-corrected chi connectivity index (χ4v) is 5.27. The minimum Gasteiger partial charge on any atom is -0.361 e. The largest absolute Gasteiger partial charge is 0.361 e. The van der Waals surface area contributed by atoms with Crippen LogP contribution in [0.2, 0.25) is 0 Å². The molecule has 11 nitrogen and oxygen atoms in total. The van der Waals surface area contributed by atoms with E-state index in [1.807, 2.05) is 44.3 Å². The lowest BCUT2D eigenvalue weighted by atomic mass is 10.1. The van der Waals surface area contributed by atoms with Crippen LogP contribution < -0.4 is 15.4 Å². The number of urea groups is 1. The van der Waals surface area contributed by atoms with Gasteiger partial charge in [0.2, 0.25) is 10.0 Å². The first kappa shape index (κ1) is 27.6. The second-order valence-electron chi connectivity index (χ2n) is 9.06. The van der Waals surface area contributed by atoms with Gasteiger partial charge >= 0.3 is 6.03 Å². The maximum Gasteiger partial charge on any atom is 0.315 e. The summed E-state index contributed by atoms with van der Waals surface area (Å²) in [5.41, 5.74) is 1.94. The number of rotatable bonds is 14. The molecule has 0 saturated heterocycles. The second-order valence-corrected chi connectivity index (χ2v) is 10.9. The van der Waals surface area contributed by atoms with E-state index in [4.69, 9.17) is 0 Å². The molecule has 0 spiro atoms. The first-order chi connectivity index (χ1) is 17.2. The molecule has 1 aromatic carbocycles. The molecule has 0 aliphatic heterocycles. The minimum absolute atomic E-state index is 0.00646. The minimum atomic E-state index is -3.59. The molecular weight excluding hydrogens is 480 g/mol. The zero-order valence-corrected chi connectivity index (χ0v) is 22.3. The van der Waals surface area contributed by atoms with Gasteiger partial charge < -0.3 is 20.5 Å². The van der Waals surface area contributed by atoms with Gasteiger partial charge in [0.25, 0.3) is 0 Å². The average Bonchev–Trinajstić information content (AvgIpc) is 3.47. The number of benzene rings is 1. The second kappa shape index (κ2) is 12.8. The molecule has 12 heteroatoms. The number of aromatic amines is 2. The number of aromatic nitrogens is 4. The molecule has 0 aliphatic rings. The van der Waals surface area contributed by atoms with Crippen LogP contribution in [0.15, 0.2) is 30.5 Å². The van der Waals surface area contributed by atoms with Gasteiger partial charge in [-0.25, -0.2) is 22.9 Å². The maximum atomic E-state index is 13.0. The van der Waals surface area contributed by atoms with Crippen molar-refractivity contribution in [2.45, 2.75) is 59.2 Å². The van der Waals surface area contributed by atoms with Crippen molar-refractivity contribution in [1.29, 1.82) is 0 Å². The highest BCUT2D eigenvalue weighted by atomic mass is 32.2. The molecule has 2 amide bonds. The highest BCUT2D eigenvalue weighted by Gasteiger charge is 2.25. The van der Waals surface area contributed by atoms with Crippen LogP contribution in [0.5, 0.6) is 0 Å². The molecule has 3 rings (SSSR count). The van der Waals surface area contributed by atoms with Gasteiger partial charge in [-0.2, -0.15) is 5.10 Å². The van der Waals surface area contributed by atoms with E-state index in [9.17, 15) is 13.2 Å². The lowest BCUT2D eigenvalue weighted by Crippen LogP contribution is -2.39. The Labute approximate surface area is 212 Å². The predicted octanol–water partition coefficient (Wildman–Crippen LogP) is 2.43. The van der Waals surface area contributed by atoms with E-state index in [1.165, 1.54) is 0 Å². The van der Waals surface area contributed by atoms with E-state index in [0.29, 0.717) is 24.5 Å². The number of sulfonamides is 1. The number of H-pyrrole nitrogens is 2. The molecule has 36 heavy (non-hydrogen) atoms. The Morgan fingerprint density at radius 3 is 2.64 bits per heavy atom. The van der Waals surface area contributed by atoms with E-state index in [0.717, 1.165) is 36.1 Å². The molecular formula is C24H38N8O3S. The van der Waals surface area contributed by atoms with Crippen LogP contribution in [0, 0.1) is 0 Å². The van der Waals surface area contributed by atoms with E-state index in [-0.39, 0.29) is 24.4 Å². The van der Waals surface area contributed by atoms with Crippen molar-refractivity contribution in [1.82, 2.24) is 40.4 Å². The number of para-hydroxylation sites is 1. The number of amides is 2. The topological polar surface area (TPSA) is 148 Å². The Bertz CT molecular complexity index is 1220. The van der Waals surface area contributed by atoms with Crippen LogP contribution in [-0.4, -0.2) is 70.9 Å². The van der Waals surface area contributed by atoms with E-state index in [2.05, 4.69) is 54.3 Å². The van der Waals surface area contributed by atoms with Gasteiger partial charge in [-0.1, -0.05) is 32.0 Å². The van der Waals surface area contributed by atoms with Crippen LogP contribution in [0.3, 0.4) is 0 Å². The maximum absolute atomic E-state index is 13.0. The lowest BCUT2D eigenvalue weighted by Gasteiger charge is -2.19. The summed E-state index contributed by atoms with van der Waals surface area (Å²) in [7, 11) is -3.59. The number of nitrogens with zero attached hydrogens (tertiary/aromatic N) is 3. The summed E-state index contributed by atoms with van der Waals surface area (Å²) in [4.78, 5) is 21.8. The van der Waals surface area contributed by atoms with Crippen molar-refractivity contribution in [2.24, 2.45) is 0 Å². The lowest BCUT2D eigenvalue weighted by molar-refractivity contribution is 0.238. The molecule has 2 aromatic heterocycles. The summed E-state index contributed by atoms with van der Waals surface area (Å²) >= 11 is 0. The fraction of sp³-hybridized carbons (Fsp3) is 0.542. The van der Waals surface area contributed by atoms with Gasteiger partial charge in [-0.15, -0.1) is 0 Å². The number of nitrogens with one attached hydrogen (secondary N) is 5. The Balaban J connectivity index is 1.75. The highest BCUT2D eigenvalue weighted by molar-refractivity contribution is 7.89. The summed E-state index contributed by atoms with van der Waals surface area (Å²) in [6.07, 6.45) is 2.79. The van der Waals surface area contributed by atoms with Gasteiger partial charge in [0.15, 0.2) is 5.82 Å². The molecule has 0 bridgehead atoms. The van der Waals surface area contributed by atoms with Crippen molar-refractivity contribution in [2.75, 3.05) is 25.4 Å². The first-order valence-electron chi connectivity index (χ1n) is 12.4. The Hall–Kier alpha value is -2.96. The molecule has 0 radical (unpaired) electrons. The van der Waals surface area contributed by atoms with Crippen LogP contribution in [0.4, 0.5) is 4.79 Å². The monoisotopic (exact) mass is 518 g/mol. The Kier molecular flexibility index (Phi) is 9.85. The molecule has 5 N–H and O–H groups in total. The van der Waals surface area contributed by atoms with Gasteiger partial charge in [-0.3, -0.25) is 5.10 Å². The predicted molar refractivity (Wildman–Crippen MR) is 141 cm³/mol. The van der Waals surface area contributed by atoms with Crippen LogP contribution in [0.25, 0.3) is 10.9 Å². The van der Waals surface area contributed by atoms with Gasteiger partial charge in [0.05, 0.1) is 18.3 Å². The third kappa shape index (κ3) is 8.04. The number of carbonyl (C=O) groups is 1. The number of fused-ring (bicyclic) bond motifs is 1. The molecule has 3 aromatic rings. The summed E-state index contributed by atoms with van der Waals surface area (Å²) in [6.45, 7) is 10.5. The van der Waals surface area contributed by atoms with Gasteiger partial charge in [0.1, 0.15) is 5.82 Å². The number of hydrogen-bond acceptors (Lipinski definition) is 6. The summed E-state index contributed by atoms with van der Waals surface area (Å²) in [5.74, 6) is 0.782. The zero-order chi connectivity index (χ0) is 26.1. The van der Waals surface area contributed by atoms with E-state index < -0.39 is 16.1 Å². The van der Waals surface area contributed by atoms with Gasteiger partial charge in [-0.05, 0) is 58.0 Å². The van der Waals surface area contributed by atoms with E-state index in [1.54, 1.807) is 0 Å². The molecule has 1 atom stereocenters. The average molecular weight is 519 g/mol. The van der Waals surface area contributed by atoms with Crippen LogP contribution >= 0.6 is 0 Å². The molecule has 198 valence electrons. The SMILES string of the molecule is CCN(CC)CCCS(=O)(=O)N[C@H](Cc1c[nH]c2ccccc12)c1n[nH]c(CNC(=O)NC(C)C)n1. The van der Waals surface area contributed by atoms with Crippen LogP contribution in [-0.2, 0) is 23.0 Å². The molecule has 0 saturated carbocycles. The van der Waals surface area contributed by atoms with E-state index >= 15 is 0 Å². The van der Waals surface area contributed by atoms with Crippen molar-refractivity contribution in [3.63, 3.8) is 0 Å². The third-order valence-electron chi connectivity index (χ3n) is 5.90. The summed E-state index contributed by atoms with van der Waals surface area (Å²) < 4.78 is 28.9. The molecule has 0 aliphatic carbocycles. The number of hydrogen-bond donors (Lipinski definition) is 5. The van der Waals surface area contributed by atoms with Gasteiger partial charge in [0, 0.05) is 23.1 Å². The van der Waals surface area contributed by atoms with Crippen molar-refractivity contribution < 1.29 is 13.2 Å². The van der Waals surface area contributed by atoms with Crippen molar-refractivity contribution in [3.05, 3.63) is 47.7 Å². The summed E-state index contributed by atoms with van der Waals surface area (Å²) in [5, 5.41) is 13.6. The highest BCUT2D eigenvalue weighted by Crippen LogP contribution is 2.24. The third-order valence-corrected chi connectivity index (χ3v) is 7.37. The fourth-order valence-electron chi connectivity index (χ4n) is 4.02. The molecule has 0 fully saturated rings. The first-order valence-corrected chi connectivity index (χ1v) is 14.1.